The molecule has 2 saturated heterocycles. The Morgan fingerprint density at radius 2 is 1.36 bits per heavy atom. The van der Waals surface area contributed by atoms with Crippen molar-refractivity contribution in [1.29, 1.82) is 0 Å². The van der Waals surface area contributed by atoms with Crippen molar-refractivity contribution >= 4 is 73.8 Å². The van der Waals surface area contributed by atoms with Crippen LogP contribution in [0.5, 0.6) is 5.75 Å². The van der Waals surface area contributed by atoms with Crippen LogP contribution < -0.4 is 5.73 Å². The summed E-state index contributed by atoms with van der Waals surface area (Å²) in [4.78, 5) is 43.6. The molecule has 17 heteroatoms. The van der Waals surface area contributed by atoms with Crippen LogP contribution >= 0.6 is 0 Å². The molecule has 0 aliphatic carbocycles. The van der Waals surface area contributed by atoms with Gasteiger partial charge >= 0.3 is 155 Å². The van der Waals surface area contributed by atoms with Crippen molar-refractivity contribution in [2.75, 3.05) is 64.6 Å². The normalized spacial score (nSPS) is 18.8. The van der Waals surface area contributed by atoms with Crippen molar-refractivity contribution in [3.05, 3.63) is 76.9 Å². The quantitative estimate of drug-likeness (QED) is 0.0995. The van der Waals surface area contributed by atoms with E-state index in [1.807, 2.05) is 60.0 Å². The van der Waals surface area contributed by atoms with E-state index in [1.165, 1.54) is 18.2 Å². The molecule has 2 unspecified atom stereocenters. The Morgan fingerprint density at radius 3 is 1.96 bits per heavy atom. The minimum absolute atomic E-state index is 0.0600. The summed E-state index contributed by atoms with van der Waals surface area (Å²) < 4.78 is 44.1. The van der Waals surface area contributed by atoms with E-state index in [0.717, 1.165) is 27.8 Å². The van der Waals surface area contributed by atoms with Crippen molar-refractivity contribution in [3.63, 3.8) is 0 Å². The van der Waals surface area contributed by atoms with Crippen molar-refractivity contribution in [3.8, 4) is 16.9 Å². The number of phenolic OH excluding ortho intramolecular Hbond substituents is 1. The number of Topliss-reactive ketones (excluding diaryl/α,β-unsaturated/α-hetero) is 1. The molecule has 2 atom stereocenters. The molecule has 0 amide bonds. The number of benzene rings is 4. The number of nitrogens with two attached hydrogens (primary N) is 1. The zero-order valence-corrected chi connectivity index (χ0v) is 34.1. The maximum atomic E-state index is 13.4. The van der Waals surface area contributed by atoms with Gasteiger partial charge in [0, 0.05) is 11.1 Å². The van der Waals surface area contributed by atoms with Crippen molar-refractivity contribution in [1.82, 2.24) is 14.7 Å². The van der Waals surface area contributed by atoms with Crippen LogP contribution in [0.1, 0.15) is 22.3 Å². The van der Waals surface area contributed by atoms with Gasteiger partial charge in [-0.2, -0.15) is 13.5 Å². The van der Waals surface area contributed by atoms with Gasteiger partial charge in [-0.25, -0.2) is 0 Å². The van der Waals surface area contributed by atoms with Crippen LogP contribution in [-0.4, -0.2) is 128 Å². The van der Waals surface area contributed by atoms with Gasteiger partial charge in [0.25, 0.3) is 10.1 Å². The molecule has 0 saturated carbocycles. The first kappa shape index (κ1) is 40.1. The van der Waals surface area contributed by atoms with Crippen molar-refractivity contribution in [2.24, 2.45) is 10.2 Å². The summed E-state index contributed by atoms with van der Waals surface area (Å²) in [6.45, 7) is 9.58. The number of hydrogen-bond donors (Lipinski definition) is 3. The fourth-order valence-corrected chi connectivity index (χ4v) is 8.42. The number of fused-ring (bicyclic) bond motifs is 4. The molecule has 287 valence electrons. The molecule has 4 aromatic carbocycles. The van der Waals surface area contributed by atoms with Gasteiger partial charge in [0.2, 0.25) is 0 Å². The Bertz CT molecular complexity index is 2270. The second-order valence-corrected chi connectivity index (χ2v) is 16.7. The van der Waals surface area contributed by atoms with Gasteiger partial charge in [-0.15, -0.1) is 5.11 Å². The topological polar surface area (TPSA) is 205 Å². The average molecular weight is 827 g/mol. The number of carbonyl (C=O) groups excluding carboxylic acids is 3. The first-order valence-electron chi connectivity index (χ1n) is 17.7. The number of phenols is 1. The number of azo groups is 1. The Balaban J connectivity index is 1.12. The SMILES string of the molecule is Cc1cc(-c2ccc(N=Nc3ccc4c(S(=O)(=O)O)cc(C)c(N)c4c3O)c(C)c2)ccc1CC(=O)CN1CCN2CCN(CC1)CC(=O)[O][68Ga][O]C(=O)C2. The molecule has 15 nitrogen and oxygen atoms in total. The zero-order valence-electron chi connectivity index (χ0n) is 30.8. The molecule has 1 radical (unpaired) electrons. The van der Waals surface area contributed by atoms with E-state index in [0.29, 0.717) is 50.5 Å². The third kappa shape index (κ3) is 9.79. The summed E-state index contributed by atoms with van der Waals surface area (Å²) in [5, 5.41) is 19.7. The summed E-state index contributed by atoms with van der Waals surface area (Å²) in [5.74, 6) is -1.06. The predicted molar refractivity (Wildman–Crippen MR) is 206 cm³/mol. The van der Waals surface area contributed by atoms with E-state index in [-0.39, 0.29) is 76.6 Å². The van der Waals surface area contributed by atoms with E-state index in [1.54, 1.807) is 6.92 Å². The van der Waals surface area contributed by atoms with Crippen LogP contribution in [0.4, 0.5) is 17.1 Å². The van der Waals surface area contributed by atoms with Crippen LogP contribution in [0.25, 0.3) is 21.9 Å². The zero-order chi connectivity index (χ0) is 39.4. The summed E-state index contributed by atoms with van der Waals surface area (Å²) >= 11 is -1.85. The molecule has 0 spiro atoms. The molecule has 4 aromatic rings. The Kier molecular flexibility index (Phi) is 12.4. The molecular formula is C38H42GaN6O9S. The first-order valence-corrected chi connectivity index (χ1v) is 21.1. The van der Waals surface area contributed by atoms with E-state index >= 15 is 0 Å². The fourth-order valence-electron chi connectivity index (χ4n) is 6.78. The van der Waals surface area contributed by atoms with Crippen LogP contribution in [-0.2, 0) is 38.0 Å². The standard InChI is InChI=1S/C38H44N6O9S.Ga/c1-23-16-27(5-4-26(23)19-29(45)20-42-10-12-43(21-34(46)47)14-15-44(13-11-42)22-35(48)49)28-6-8-31(24(2)17-28)40-41-32-9-7-30-33(54(51,52)53)18-25(3)37(39)36(30)38(32)50;/h4-9,16-18,50H,10-15,19-22,39H2,1-3H3,(H,46,47)(H,48,49)(H,51,52,53);/q;+2/p-2/i;1-2. The van der Waals surface area contributed by atoms with Crippen LogP contribution in [0.15, 0.2) is 69.7 Å². The second-order valence-electron chi connectivity index (χ2n) is 13.9. The number of aromatic hydroxyl groups is 1. The number of carbonyl (C=O) groups is 3. The van der Waals surface area contributed by atoms with Gasteiger partial charge in [0.1, 0.15) is 10.6 Å². The van der Waals surface area contributed by atoms with Crippen molar-refractivity contribution in [2.45, 2.75) is 32.1 Å². The number of anilines is 1. The van der Waals surface area contributed by atoms with Crippen LogP contribution in [0.2, 0.25) is 0 Å². The molecule has 6 rings (SSSR count). The van der Waals surface area contributed by atoms with E-state index in [4.69, 9.17) is 12.8 Å². The summed E-state index contributed by atoms with van der Waals surface area (Å²) in [7, 11) is -4.58. The Hall–Kier alpha value is -4.62. The first-order chi connectivity index (χ1) is 26.2. The Labute approximate surface area is 327 Å². The molecule has 55 heavy (non-hydrogen) atoms. The van der Waals surface area contributed by atoms with Crippen molar-refractivity contribution < 1.29 is 39.5 Å². The van der Waals surface area contributed by atoms with Gasteiger partial charge in [-0.05, 0) is 67.3 Å². The number of hydrogen-bond acceptors (Lipinski definition) is 14. The number of ketones is 1. The Morgan fingerprint density at radius 1 is 0.800 bits per heavy atom. The predicted octanol–water partition coefficient (Wildman–Crippen LogP) is 4.05. The molecule has 0 aromatic heterocycles. The summed E-state index contributed by atoms with van der Waals surface area (Å²) in [6.07, 6.45) is 0.266. The van der Waals surface area contributed by atoms with Gasteiger partial charge in [0.05, 0.1) is 11.1 Å². The van der Waals surface area contributed by atoms with Gasteiger partial charge in [-0.1, -0.05) is 24.3 Å². The van der Waals surface area contributed by atoms with E-state index in [9.17, 15) is 32.5 Å². The van der Waals surface area contributed by atoms with E-state index in [2.05, 4.69) is 15.1 Å². The van der Waals surface area contributed by atoms with Crippen LogP contribution in [0.3, 0.4) is 0 Å². The maximum absolute atomic E-state index is 13.4. The fraction of sp³-hybridized carbons (Fsp3) is 0.342. The van der Waals surface area contributed by atoms with Gasteiger partial charge < -0.3 is 10.8 Å². The molecule has 2 aliphatic rings. The average Bonchev–Trinajstić information content (AvgIpc) is 3.18. The number of nitrogen functional groups attached to an aromatic ring is 1. The summed E-state index contributed by atoms with van der Waals surface area (Å²) in [6, 6.07) is 15.7. The van der Waals surface area contributed by atoms with E-state index < -0.39 is 28.3 Å². The monoisotopic (exact) mass is 826 g/mol. The van der Waals surface area contributed by atoms with Gasteiger partial charge in [-0.3, -0.25) is 4.55 Å². The molecule has 2 aliphatic heterocycles. The minimum atomic E-state index is -4.58. The molecular weight excluding hydrogens is 784 g/mol. The van der Waals surface area contributed by atoms with Gasteiger partial charge in [0.15, 0.2) is 5.75 Å². The third-order valence-corrected chi connectivity index (χ3v) is 12.3. The van der Waals surface area contributed by atoms with Crippen LogP contribution in [0, 0.1) is 20.8 Å². The number of nitrogens with zero attached hydrogens (tertiary/aromatic N) is 5. The molecule has 4 N–H and O–H groups in total. The summed E-state index contributed by atoms with van der Waals surface area (Å²) in [5.41, 5.74) is 12.0. The number of rotatable bonds is 8. The second kappa shape index (κ2) is 17.0. The molecule has 2 fully saturated rings. The third-order valence-electron chi connectivity index (χ3n) is 9.93. The molecule has 2 heterocycles. The molecule has 2 bridgehead atoms. The number of aryl methyl sites for hydroxylation is 3.